The standard InChI is InChI=1S/C64H71N17O13S2/c1-12-29(3)44(74-51(83)46-31(5)94-59(76-46)47-32(6)91-56(77-47)41-28-96-61(73-41)48-33(7)92-57(78-48)40-27-95-60(72-40)42(80(9)10)20-17-21-67-64(65)66)50(82)75-45(30(4)13-2)58-71-38(25-90-58)54-69-36(23-88-54)52-68-37(24-87-52)53-70-39(26-89-53)55-79-49(34(8)93-55)62(84)81(11)43(63(85)86)22-35-18-15-14-16-19-35/h14-16,18-19,23-30,34,42-45,49H,12-13,17,20-22H2,1-11H3,(H,74,83)(H,75,82)(H,85,86)(H4,65,66,67)/t29?,30?,34?,42-,43?,44?,45?,49-/m0/s1. The zero-order valence-electron chi connectivity index (χ0n) is 54.3. The van der Waals surface area contributed by atoms with E-state index >= 15 is 0 Å². The van der Waals surface area contributed by atoms with Crippen molar-refractivity contribution in [3.63, 3.8) is 0 Å². The van der Waals surface area contributed by atoms with Crippen LogP contribution >= 0.6 is 22.7 Å². The predicted molar refractivity (Wildman–Crippen MR) is 350 cm³/mol. The number of aliphatic carboxylic acids is 1. The van der Waals surface area contributed by atoms with Gasteiger partial charge in [0.15, 0.2) is 46.2 Å². The summed E-state index contributed by atoms with van der Waals surface area (Å²) in [5.74, 6) is -1.25. The number of rotatable bonds is 28. The number of oxazole rings is 7. The lowest BCUT2D eigenvalue weighted by Gasteiger charge is -2.27. The molecule has 96 heavy (non-hydrogen) atoms. The largest absolute Gasteiger partial charge is 0.480 e. The van der Waals surface area contributed by atoms with E-state index in [0.717, 1.165) is 23.4 Å². The highest BCUT2D eigenvalue weighted by Gasteiger charge is 2.41. The van der Waals surface area contributed by atoms with Gasteiger partial charge in [-0.3, -0.25) is 19.4 Å². The van der Waals surface area contributed by atoms with Gasteiger partial charge in [-0.1, -0.05) is 70.9 Å². The first-order valence-corrected chi connectivity index (χ1v) is 32.6. The highest BCUT2D eigenvalue weighted by Crippen LogP contribution is 2.38. The highest BCUT2D eigenvalue weighted by atomic mass is 32.1. The van der Waals surface area contributed by atoms with Crippen molar-refractivity contribution in [3.05, 3.63) is 111 Å². The Hall–Kier alpha value is -10.5. The van der Waals surface area contributed by atoms with E-state index in [9.17, 15) is 24.3 Å². The van der Waals surface area contributed by atoms with Crippen LogP contribution in [0, 0.1) is 32.6 Å². The number of guanidine groups is 1. The fourth-order valence-electron chi connectivity index (χ4n) is 10.5. The van der Waals surface area contributed by atoms with E-state index in [1.165, 1.54) is 59.7 Å². The van der Waals surface area contributed by atoms with Crippen molar-refractivity contribution in [2.45, 2.75) is 124 Å². The number of likely N-dealkylation sites (N-methyl/N-ethyl adjacent to an activating group) is 1. The predicted octanol–water partition coefficient (Wildman–Crippen LogP) is 9.50. The van der Waals surface area contributed by atoms with Crippen molar-refractivity contribution in [1.29, 1.82) is 0 Å². The topological polar surface area (TPSA) is 413 Å². The number of nitrogens with one attached hydrogen (secondary N) is 2. The number of ether oxygens (including phenoxy) is 1. The Labute approximate surface area is 557 Å². The number of carboxylic acids is 1. The number of hydrogen-bond acceptors (Lipinski definition) is 26. The molecule has 1 aliphatic rings. The van der Waals surface area contributed by atoms with Crippen molar-refractivity contribution in [2.24, 2.45) is 33.3 Å². The van der Waals surface area contributed by atoms with Gasteiger partial charge in [-0.25, -0.2) is 54.6 Å². The van der Waals surface area contributed by atoms with Crippen molar-refractivity contribution in [2.75, 3.05) is 27.7 Å². The Morgan fingerprint density at radius 1 is 0.677 bits per heavy atom. The number of carboxylic acid groups (broad SMARTS) is 1. The molecule has 6 unspecified atom stereocenters. The van der Waals surface area contributed by atoms with Crippen LogP contribution in [0.15, 0.2) is 107 Å². The molecule has 7 N–H and O–H groups in total. The quantitative estimate of drug-likeness (QED) is 0.0173. The number of hydrogen-bond donors (Lipinski definition) is 5. The first-order valence-electron chi connectivity index (χ1n) is 30.8. The minimum Gasteiger partial charge on any atom is -0.480 e. The third kappa shape index (κ3) is 14.4. The van der Waals surface area contributed by atoms with E-state index in [1.54, 1.807) is 50.4 Å². The number of aryl methyl sites for hydroxylation is 3. The van der Waals surface area contributed by atoms with E-state index in [1.807, 2.05) is 60.2 Å². The third-order valence-electron chi connectivity index (χ3n) is 16.4. The van der Waals surface area contributed by atoms with Gasteiger partial charge in [0.2, 0.25) is 53.0 Å². The van der Waals surface area contributed by atoms with Crippen LogP contribution in [0.25, 0.3) is 80.2 Å². The summed E-state index contributed by atoms with van der Waals surface area (Å²) in [6.45, 7) is 15.0. The molecule has 0 saturated heterocycles. The summed E-state index contributed by atoms with van der Waals surface area (Å²) in [6, 6.07) is 5.12. The normalized spacial score (nSPS) is 15.8. The second kappa shape index (κ2) is 28.6. The number of aliphatic imine (C=N–C) groups is 2. The molecule has 0 spiro atoms. The Morgan fingerprint density at radius 3 is 1.92 bits per heavy atom. The van der Waals surface area contributed by atoms with Crippen LogP contribution < -0.4 is 22.1 Å². The van der Waals surface area contributed by atoms with Crippen LogP contribution in [0.4, 0.5) is 0 Å². The fraction of sp³-hybridized carbons (Fsp3) is 0.391. The molecule has 32 heteroatoms. The fourth-order valence-corrected chi connectivity index (χ4v) is 12.4. The van der Waals surface area contributed by atoms with Crippen molar-refractivity contribution in [1.82, 2.24) is 65.3 Å². The monoisotopic (exact) mass is 1350 g/mol. The molecule has 0 bridgehead atoms. The van der Waals surface area contributed by atoms with Gasteiger partial charge in [0.1, 0.15) is 93.7 Å². The second-order valence-corrected chi connectivity index (χ2v) is 25.1. The van der Waals surface area contributed by atoms with Gasteiger partial charge < -0.3 is 72.7 Å². The molecule has 10 aromatic rings. The summed E-state index contributed by atoms with van der Waals surface area (Å²) in [6.07, 6.45) is 7.37. The second-order valence-electron chi connectivity index (χ2n) is 23.4. The lowest BCUT2D eigenvalue weighted by atomic mass is 9.95. The van der Waals surface area contributed by atoms with Crippen molar-refractivity contribution >= 4 is 58.2 Å². The maximum absolute atomic E-state index is 14.5. The Kier molecular flexibility index (Phi) is 20.0. The van der Waals surface area contributed by atoms with E-state index in [2.05, 4.69) is 45.5 Å². The minimum atomic E-state index is -1.15. The SMILES string of the molecule is CCC(C)C(NC(=O)c1nc(-c2nc(-c3csc(-c4nc(-c5csc([C@H](CCCN=C(N)N)N(C)C)n5)oc4C)n3)oc2C)oc1C)C(=O)NC(c1nc(-c2nc(-c3nc(-c4nc(C5=N[C@H](C(=O)N(C)C(Cc6ccccc6)C(=O)O)C(C)O5)co4)co3)co2)co1)C(C)CC. The minimum absolute atomic E-state index is 0.0305. The molecule has 1 aliphatic heterocycles. The van der Waals surface area contributed by atoms with Crippen LogP contribution in [-0.4, -0.2) is 147 Å². The Balaban J connectivity index is 0.720. The van der Waals surface area contributed by atoms with E-state index in [-0.39, 0.29) is 111 Å². The van der Waals surface area contributed by atoms with Gasteiger partial charge in [0.05, 0.1) is 6.04 Å². The molecular weight excluding hydrogens is 1280 g/mol. The molecule has 8 atom stereocenters. The summed E-state index contributed by atoms with van der Waals surface area (Å²) in [7, 11) is 5.44. The molecule has 11 rings (SSSR count). The number of aromatic nitrogens is 9. The number of carbonyl (C=O) groups excluding carboxylic acids is 3. The number of carbonyl (C=O) groups is 4. The van der Waals surface area contributed by atoms with Crippen molar-refractivity contribution < 1.29 is 59.9 Å². The van der Waals surface area contributed by atoms with Crippen LogP contribution in [0.1, 0.15) is 122 Å². The number of amides is 3. The summed E-state index contributed by atoms with van der Waals surface area (Å²) in [5, 5.41) is 21.2. The van der Waals surface area contributed by atoms with Crippen LogP contribution in [0.5, 0.6) is 0 Å². The van der Waals surface area contributed by atoms with E-state index in [0.29, 0.717) is 58.9 Å². The lowest BCUT2D eigenvalue weighted by Crippen LogP contribution is -2.51. The van der Waals surface area contributed by atoms with Gasteiger partial charge >= 0.3 is 5.97 Å². The first kappa shape index (κ1) is 67.0. The van der Waals surface area contributed by atoms with Gasteiger partial charge in [0.25, 0.3) is 11.8 Å². The van der Waals surface area contributed by atoms with E-state index < -0.39 is 54.0 Å². The number of thiazole rings is 2. The maximum Gasteiger partial charge on any atom is 0.326 e. The van der Waals surface area contributed by atoms with Crippen molar-refractivity contribution in [3.8, 4) is 80.2 Å². The number of nitrogens with two attached hydrogens (primary N) is 2. The number of nitrogens with zero attached hydrogens (tertiary/aromatic N) is 13. The average Bonchev–Trinajstić information content (AvgIpc) is 1.65. The molecule has 3 amide bonds. The summed E-state index contributed by atoms with van der Waals surface area (Å²) in [4.78, 5) is 108. The Morgan fingerprint density at radius 2 is 1.27 bits per heavy atom. The van der Waals surface area contributed by atoms with Gasteiger partial charge in [0, 0.05) is 30.8 Å². The molecule has 0 aliphatic carbocycles. The van der Waals surface area contributed by atoms with Crippen LogP contribution in [-0.2, 0) is 25.5 Å². The summed E-state index contributed by atoms with van der Waals surface area (Å²) in [5.41, 5.74) is 14.4. The van der Waals surface area contributed by atoms with Gasteiger partial charge in [-0.2, -0.15) is 0 Å². The van der Waals surface area contributed by atoms with Crippen LogP contribution in [0.2, 0.25) is 0 Å². The zero-order chi connectivity index (χ0) is 68.2. The molecule has 9 aromatic heterocycles. The molecular formula is C64H71N17O13S2. The zero-order valence-corrected chi connectivity index (χ0v) is 56.0. The number of benzene rings is 1. The molecule has 0 saturated carbocycles. The Bertz CT molecular complexity index is 4470. The molecule has 0 radical (unpaired) electrons. The maximum atomic E-state index is 14.5. The molecule has 0 fully saturated rings. The smallest absolute Gasteiger partial charge is 0.326 e. The van der Waals surface area contributed by atoms with Crippen LogP contribution in [0.3, 0.4) is 0 Å². The van der Waals surface area contributed by atoms with Gasteiger partial charge in [-0.15, -0.1) is 22.7 Å². The molecule has 10 heterocycles. The lowest BCUT2D eigenvalue weighted by molar-refractivity contribution is -0.150. The summed E-state index contributed by atoms with van der Waals surface area (Å²) >= 11 is 2.86. The molecule has 1 aromatic carbocycles. The average molecular weight is 1350 g/mol. The van der Waals surface area contributed by atoms with Gasteiger partial charge in [-0.05, 0) is 72.0 Å². The molecule has 502 valence electrons. The van der Waals surface area contributed by atoms with E-state index in [4.69, 9.17) is 72.0 Å². The first-order chi connectivity index (χ1) is 46.0. The highest BCUT2D eigenvalue weighted by molar-refractivity contribution is 7.13. The molecule has 30 nitrogen and oxygen atoms in total. The third-order valence-corrected chi connectivity index (χ3v) is 18.2. The summed E-state index contributed by atoms with van der Waals surface area (Å²) < 4.78 is 47.5.